The topological polar surface area (TPSA) is 78.9 Å². The lowest BCUT2D eigenvalue weighted by Gasteiger charge is -2.10. The van der Waals surface area contributed by atoms with Gasteiger partial charge in [0.1, 0.15) is 5.82 Å². The van der Waals surface area contributed by atoms with Gasteiger partial charge in [0.2, 0.25) is 11.9 Å². The molecule has 0 unspecified atom stereocenters. The van der Waals surface area contributed by atoms with Crippen LogP contribution in [-0.2, 0) is 4.79 Å². The molecule has 3 N–H and O–H groups in total. The van der Waals surface area contributed by atoms with E-state index in [0.29, 0.717) is 17.2 Å². The van der Waals surface area contributed by atoms with Crippen LogP contribution in [-0.4, -0.2) is 15.9 Å². The number of nitrogens with one attached hydrogen (secondary N) is 3. The molecule has 0 saturated carbocycles. The van der Waals surface area contributed by atoms with Crippen molar-refractivity contribution in [1.29, 1.82) is 0 Å². The molecule has 0 aliphatic rings. The van der Waals surface area contributed by atoms with Crippen molar-refractivity contribution in [3.63, 3.8) is 0 Å². The Hall–Kier alpha value is -3.62. The molecule has 3 rings (SSSR count). The zero-order valence-electron chi connectivity index (χ0n) is 14.1. The highest BCUT2D eigenvalue weighted by Gasteiger charge is 2.14. The fourth-order valence-electron chi connectivity index (χ4n) is 2.26. The minimum absolute atomic E-state index is 0.0112. The average molecular weight is 373 g/mol. The molecule has 0 atom stereocenters. The Kier molecular flexibility index (Phi) is 5.20. The number of amides is 1. The van der Waals surface area contributed by atoms with Crippen molar-refractivity contribution in [2.45, 2.75) is 6.92 Å². The van der Waals surface area contributed by atoms with Crippen molar-refractivity contribution in [3.05, 3.63) is 66.1 Å². The lowest BCUT2D eigenvalue weighted by Crippen LogP contribution is -2.06. The van der Waals surface area contributed by atoms with Gasteiger partial charge < -0.3 is 16.0 Å². The first-order chi connectivity index (χ1) is 12.9. The molecule has 0 saturated heterocycles. The van der Waals surface area contributed by atoms with Crippen molar-refractivity contribution < 1.29 is 18.0 Å². The molecule has 0 aliphatic carbocycles. The number of carbonyl (C=O) groups excluding carboxylic acids is 1. The molecule has 138 valence electrons. The number of rotatable bonds is 5. The van der Waals surface area contributed by atoms with Crippen LogP contribution in [0.15, 0.2) is 48.7 Å². The van der Waals surface area contributed by atoms with Crippen LogP contribution in [0.2, 0.25) is 0 Å². The first-order valence-corrected chi connectivity index (χ1v) is 7.80. The Labute approximate surface area is 152 Å². The van der Waals surface area contributed by atoms with Crippen LogP contribution in [0.4, 0.5) is 42.0 Å². The Morgan fingerprint density at radius 3 is 2.52 bits per heavy atom. The third-order valence-electron chi connectivity index (χ3n) is 3.39. The maximum absolute atomic E-state index is 13.8. The molecule has 1 aromatic heterocycles. The summed E-state index contributed by atoms with van der Waals surface area (Å²) in [5, 5.41) is 8.17. The number of carbonyl (C=O) groups is 1. The van der Waals surface area contributed by atoms with Gasteiger partial charge in [-0.05, 0) is 36.4 Å². The van der Waals surface area contributed by atoms with Crippen LogP contribution in [0, 0.1) is 17.5 Å². The third kappa shape index (κ3) is 4.51. The summed E-state index contributed by atoms with van der Waals surface area (Å²) >= 11 is 0. The van der Waals surface area contributed by atoms with Gasteiger partial charge in [0.15, 0.2) is 17.5 Å². The SMILES string of the molecule is CC(=O)Nc1cccc(Nc2ccnc(Nc3ccc(F)c(F)c3F)n2)c1. The van der Waals surface area contributed by atoms with Crippen molar-refractivity contribution in [3.8, 4) is 0 Å². The van der Waals surface area contributed by atoms with E-state index < -0.39 is 17.5 Å². The third-order valence-corrected chi connectivity index (χ3v) is 3.39. The fraction of sp³-hybridized carbons (Fsp3) is 0.0556. The van der Waals surface area contributed by atoms with Crippen LogP contribution in [0.5, 0.6) is 0 Å². The number of halogens is 3. The standard InChI is InChI=1S/C18H14F3N5O/c1-10(27)23-11-3-2-4-12(9-11)24-15-7-8-22-18(26-15)25-14-6-5-13(19)16(20)17(14)21/h2-9H,1H3,(H,23,27)(H2,22,24,25,26). The quantitative estimate of drug-likeness (QED) is 0.580. The van der Waals surface area contributed by atoms with Gasteiger partial charge in [0.05, 0.1) is 5.69 Å². The Morgan fingerprint density at radius 1 is 0.963 bits per heavy atom. The zero-order valence-corrected chi connectivity index (χ0v) is 14.1. The second kappa shape index (κ2) is 7.73. The Morgan fingerprint density at radius 2 is 1.74 bits per heavy atom. The summed E-state index contributed by atoms with van der Waals surface area (Å²) in [5.74, 6) is -4.06. The largest absolute Gasteiger partial charge is 0.340 e. The lowest BCUT2D eigenvalue weighted by molar-refractivity contribution is -0.114. The molecule has 0 fully saturated rings. The minimum Gasteiger partial charge on any atom is -0.340 e. The molecular formula is C18H14F3N5O. The number of hydrogen-bond acceptors (Lipinski definition) is 5. The molecule has 2 aromatic carbocycles. The van der Waals surface area contributed by atoms with E-state index in [1.807, 2.05) is 0 Å². The first kappa shape index (κ1) is 18.2. The molecule has 1 amide bonds. The molecule has 3 aromatic rings. The van der Waals surface area contributed by atoms with Crippen LogP contribution >= 0.6 is 0 Å². The number of hydrogen-bond donors (Lipinski definition) is 3. The summed E-state index contributed by atoms with van der Waals surface area (Å²) in [5.41, 5.74) is 0.951. The van der Waals surface area contributed by atoms with Gasteiger partial charge in [0.25, 0.3) is 0 Å². The van der Waals surface area contributed by atoms with Gasteiger partial charge in [-0.2, -0.15) is 4.98 Å². The summed E-state index contributed by atoms with van der Waals surface area (Å²) in [6, 6.07) is 10.3. The van der Waals surface area contributed by atoms with Gasteiger partial charge in [-0.25, -0.2) is 18.2 Å². The van der Waals surface area contributed by atoms with E-state index in [-0.39, 0.29) is 17.5 Å². The molecule has 0 radical (unpaired) electrons. The van der Waals surface area contributed by atoms with E-state index in [1.54, 1.807) is 30.3 Å². The van der Waals surface area contributed by atoms with E-state index in [9.17, 15) is 18.0 Å². The molecule has 1 heterocycles. The maximum atomic E-state index is 13.8. The maximum Gasteiger partial charge on any atom is 0.229 e. The predicted octanol–water partition coefficient (Wildman–Crippen LogP) is 4.34. The smallest absolute Gasteiger partial charge is 0.229 e. The summed E-state index contributed by atoms with van der Waals surface area (Å²) < 4.78 is 40.1. The second-order valence-corrected chi connectivity index (χ2v) is 5.50. The average Bonchev–Trinajstić information content (AvgIpc) is 2.62. The van der Waals surface area contributed by atoms with Crippen molar-refractivity contribution in [2.75, 3.05) is 16.0 Å². The van der Waals surface area contributed by atoms with E-state index in [4.69, 9.17) is 0 Å². The molecule has 27 heavy (non-hydrogen) atoms. The van der Waals surface area contributed by atoms with Crippen LogP contribution in [0.25, 0.3) is 0 Å². The van der Waals surface area contributed by atoms with Gasteiger partial charge >= 0.3 is 0 Å². The van der Waals surface area contributed by atoms with Gasteiger partial charge in [-0.15, -0.1) is 0 Å². The summed E-state index contributed by atoms with van der Waals surface area (Å²) in [4.78, 5) is 19.2. The van der Waals surface area contributed by atoms with Gasteiger partial charge in [-0.3, -0.25) is 4.79 Å². The van der Waals surface area contributed by atoms with E-state index >= 15 is 0 Å². The fourth-order valence-corrected chi connectivity index (χ4v) is 2.26. The van der Waals surface area contributed by atoms with Crippen LogP contribution in [0.1, 0.15) is 6.92 Å². The monoisotopic (exact) mass is 373 g/mol. The van der Waals surface area contributed by atoms with Gasteiger partial charge in [-0.1, -0.05) is 6.07 Å². The highest BCUT2D eigenvalue weighted by molar-refractivity contribution is 5.89. The van der Waals surface area contributed by atoms with E-state index in [0.717, 1.165) is 12.1 Å². The molecule has 6 nitrogen and oxygen atoms in total. The minimum atomic E-state index is -1.58. The van der Waals surface area contributed by atoms with Gasteiger partial charge in [0, 0.05) is 24.5 Å². The van der Waals surface area contributed by atoms with Crippen molar-refractivity contribution in [2.24, 2.45) is 0 Å². The number of aromatic nitrogens is 2. The highest BCUT2D eigenvalue weighted by Crippen LogP contribution is 2.23. The van der Waals surface area contributed by atoms with Crippen LogP contribution in [0.3, 0.4) is 0 Å². The molecule has 0 spiro atoms. The lowest BCUT2D eigenvalue weighted by atomic mass is 10.2. The summed E-state index contributed by atoms with van der Waals surface area (Å²) in [6.45, 7) is 1.40. The zero-order chi connectivity index (χ0) is 19.4. The Bertz CT molecular complexity index is 996. The van der Waals surface area contributed by atoms with E-state index in [1.165, 1.54) is 13.1 Å². The molecular weight excluding hydrogens is 359 g/mol. The summed E-state index contributed by atoms with van der Waals surface area (Å²) in [7, 11) is 0. The van der Waals surface area contributed by atoms with E-state index in [2.05, 4.69) is 25.9 Å². The van der Waals surface area contributed by atoms with Crippen LogP contribution < -0.4 is 16.0 Å². The Balaban J connectivity index is 1.78. The number of benzene rings is 2. The molecule has 0 aliphatic heterocycles. The predicted molar refractivity (Wildman–Crippen MR) is 95.7 cm³/mol. The first-order valence-electron chi connectivity index (χ1n) is 7.80. The normalized spacial score (nSPS) is 10.4. The second-order valence-electron chi connectivity index (χ2n) is 5.50. The number of anilines is 5. The summed E-state index contributed by atoms with van der Waals surface area (Å²) in [6.07, 6.45) is 1.41. The molecule has 0 bridgehead atoms. The highest BCUT2D eigenvalue weighted by atomic mass is 19.2. The molecule has 9 heteroatoms. The van der Waals surface area contributed by atoms with Crippen molar-refractivity contribution >= 4 is 34.7 Å². The number of nitrogens with zero attached hydrogens (tertiary/aromatic N) is 2. The van der Waals surface area contributed by atoms with Crippen molar-refractivity contribution in [1.82, 2.24) is 9.97 Å².